The summed E-state index contributed by atoms with van der Waals surface area (Å²) in [6, 6.07) is 15.4. The maximum Gasteiger partial charge on any atom is 0.222 e. The highest BCUT2D eigenvalue weighted by Crippen LogP contribution is 2.39. The minimum atomic E-state index is 0.203. The number of nitrogens with zero attached hydrogens (tertiary/aromatic N) is 3. The molecule has 2 heterocycles. The molecule has 0 saturated heterocycles. The lowest BCUT2D eigenvalue weighted by Gasteiger charge is -2.11. The second kappa shape index (κ2) is 9.97. The number of methoxy groups -OCH3 is 2. The van der Waals surface area contributed by atoms with Crippen molar-refractivity contribution in [2.45, 2.75) is 20.0 Å². The van der Waals surface area contributed by atoms with Crippen molar-refractivity contribution in [2.24, 2.45) is 0 Å². The zero-order valence-electron chi connectivity index (χ0n) is 18.0. The standard InChI is InChI=1S/C24H22ClN3O3S/c1-4-21-28-22(23(32-21)20-9-10-26-24(25)27-20)16-11-18(30-3)13-19(12-16)31-14-15-5-7-17(29-2)8-6-15/h5-13H,4,14H2,1-3H3. The third-order valence-electron chi connectivity index (χ3n) is 4.79. The van der Waals surface area contributed by atoms with Gasteiger partial charge in [-0.15, -0.1) is 11.3 Å². The average Bonchev–Trinajstić information content (AvgIpc) is 3.27. The topological polar surface area (TPSA) is 66.4 Å². The van der Waals surface area contributed by atoms with Gasteiger partial charge in [0, 0.05) is 17.8 Å². The Kier molecular flexibility index (Phi) is 6.87. The van der Waals surface area contributed by atoms with E-state index in [0.29, 0.717) is 18.1 Å². The Morgan fingerprint density at radius 3 is 2.34 bits per heavy atom. The van der Waals surface area contributed by atoms with Crippen LogP contribution in [-0.4, -0.2) is 29.2 Å². The molecule has 8 heteroatoms. The molecule has 32 heavy (non-hydrogen) atoms. The van der Waals surface area contributed by atoms with Gasteiger partial charge in [0.1, 0.15) is 23.9 Å². The van der Waals surface area contributed by atoms with Crippen LogP contribution in [0.5, 0.6) is 17.2 Å². The van der Waals surface area contributed by atoms with Gasteiger partial charge in [-0.1, -0.05) is 19.1 Å². The van der Waals surface area contributed by atoms with Gasteiger partial charge in [-0.05, 0) is 53.9 Å². The minimum absolute atomic E-state index is 0.203. The maximum absolute atomic E-state index is 6.08. The third-order valence-corrected chi connectivity index (χ3v) is 6.19. The number of aromatic nitrogens is 3. The number of thiazole rings is 1. The van der Waals surface area contributed by atoms with Gasteiger partial charge in [-0.3, -0.25) is 0 Å². The van der Waals surface area contributed by atoms with Crippen molar-refractivity contribution in [2.75, 3.05) is 14.2 Å². The van der Waals surface area contributed by atoms with E-state index in [4.69, 9.17) is 30.8 Å². The van der Waals surface area contributed by atoms with Crippen LogP contribution in [0.4, 0.5) is 0 Å². The van der Waals surface area contributed by atoms with Crippen LogP contribution in [0.15, 0.2) is 54.7 Å². The second-order valence-electron chi connectivity index (χ2n) is 6.88. The van der Waals surface area contributed by atoms with E-state index < -0.39 is 0 Å². The summed E-state index contributed by atoms with van der Waals surface area (Å²) in [5, 5.41) is 1.21. The molecule has 0 aliphatic rings. The van der Waals surface area contributed by atoms with E-state index in [2.05, 4.69) is 16.9 Å². The van der Waals surface area contributed by atoms with E-state index in [9.17, 15) is 0 Å². The van der Waals surface area contributed by atoms with Crippen molar-refractivity contribution in [1.82, 2.24) is 15.0 Å². The smallest absolute Gasteiger partial charge is 0.222 e. The van der Waals surface area contributed by atoms with Crippen molar-refractivity contribution in [3.8, 4) is 39.1 Å². The Morgan fingerprint density at radius 1 is 0.906 bits per heavy atom. The van der Waals surface area contributed by atoms with E-state index in [0.717, 1.165) is 44.6 Å². The molecule has 0 amide bonds. The Labute approximate surface area is 195 Å². The van der Waals surface area contributed by atoms with E-state index in [1.165, 1.54) is 0 Å². The molecule has 4 aromatic rings. The first-order chi connectivity index (χ1) is 15.6. The predicted molar refractivity (Wildman–Crippen MR) is 127 cm³/mol. The van der Waals surface area contributed by atoms with Gasteiger partial charge in [0.15, 0.2) is 0 Å². The Hall–Kier alpha value is -3.16. The summed E-state index contributed by atoms with van der Waals surface area (Å²) >= 11 is 7.63. The zero-order chi connectivity index (χ0) is 22.5. The summed E-state index contributed by atoms with van der Waals surface area (Å²) in [7, 11) is 3.28. The number of hydrogen-bond donors (Lipinski definition) is 0. The molecule has 0 aliphatic heterocycles. The lowest BCUT2D eigenvalue weighted by molar-refractivity contribution is 0.303. The fraction of sp³-hybridized carbons (Fsp3) is 0.208. The molecule has 2 aromatic heterocycles. The van der Waals surface area contributed by atoms with E-state index in [1.807, 2.05) is 48.5 Å². The van der Waals surface area contributed by atoms with Crippen molar-refractivity contribution >= 4 is 22.9 Å². The molecule has 164 valence electrons. The molecule has 0 radical (unpaired) electrons. The van der Waals surface area contributed by atoms with E-state index >= 15 is 0 Å². The first kappa shape index (κ1) is 22.0. The number of hydrogen-bond acceptors (Lipinski definition) is 7. The molecule has 0 fully saturated rings. The summed E-state index contributed by atoms with van der Waals surface area (Å²) in [4.78, 5) is 14.2. The molecule has 0 unspecified atom stereocenters. The molecule has 0 atom stereocenters. The number of aryl methyl sites for hydroxylation is 1. The first-order valence-electron chi connectivity index (χ1n) is 10.0. The minimum Gasteiger partial charge on any atom is -0.497 e. The molecule has 4 rings (SSSR count). The van der Waals surface area contributed by atoms with Crippen LogP contribution in [-0.2, 0) is 13.0 Å². The highest BCUT2D eigenvalue weighted by atomic mass is 35.5. The number of rotatable bonds is 8. The second-order valence-corrected chi connectivity index (χ2v) is 8.31. The number of halogens is 1. The summed E-state index contributed by atoms with van der Waals surface area (Å²) < 4.78 is 16.8. The quantitative estimate of drug-likeness (QED) is 0.292. The Morgan fingerprint density at radius 2 is 1.66 bits per heavy atom. The van der Waals surface area contributed by atoms with E-state index in [-0.39, 0.29) is 5.28 Å². The highest BCUT2D eigenvalue weighted by Gasteiger charge is 2.18. The molecule has 0 N–H and O–H groups in total. The largest absolute Gasteiger partial charge is 0.497 e. The van der Waals surface area contributed by atoms with Crippen molar-refractivity contribution in [1.29, 1.82) is 0 Å². The number of ether oxygens (including phenoxy) is 3. The van der Waals surface area contributed by atoms with Crippen LogP contribution in [0, 0.1) is 0 Å². The van der Waals surface area contributed by atoms with Gasteiger partial charge in [0.2, 0.25) is 5.28 Å². The van der Waals surface area contributed by atoms with Crippen LogP contribution in [0.3, 0.4) is 0 Å². The van der Waals surface area contributed by atoms with Crippen LogP contribution >= 0.6 is 22.9 Å². The Balaban J connectivity index is 1.68. The lowest BCUT2D eigenvalue weighted by Crippen LogP contribution is -1.97. The van der Waals surface area contributed by atoms with Crippen LogP contribution in [0.1, 0.15) is 17.5 Å². The Bertz CT molecular complexity index is 1210. The van der Waals surface area contributed by atoms with Crippen molar-refractivity contribution < 1.29 is 14.2 Å². The fourth-order valence-corrected chi connectivity index (χ4v) is 4.29. The molecular formula is C24H22ClN3O3S. The molecule has 2 aromatic carbocycles. The normalized spacial score (nSPS) is 10.8. The lowest BCUT2D eigenvalue weighted by atomic mass is 10.1. The monoisotopic (exact) mass is 467 g/mol. The fourth-order valence-electron chi connectivity index (χ4n) is 3.14. The molecule has 0 bridgehead atoms. The molecular weight excluding hydrogens is 446 g/mol. The van der Waals surface area contributed by atoms with Gasteiger partial charge >= 0.3 is 0 Å². The molecule has 6 nitrogen and oxygen atoms in total. The first-order valence-corrected chi connectivity index (χ1v) is 11.2. The van der Waals surface area contributed by atoms with Gasteiger partial charge in [0.25, 0.3) is 0 Å². The van der Waals surface area contributed by atoms with Gasteiger partial charge in [-0.25, -0.2) is 15.0 Å². The predicted octanol–water partition coefficient (Wildman–Crippen LogP) is 6.08. The summed E-state index contributed by atoms with van der Waals surface area (Å²) in [6.45, 7) is 2.50. The third kappa shape index (κ3) is 5.00. The van der Waals surface area contributed by atoms with Crippen LogP contribution in [0.2, 0.25) is 5.28 Å². The van der Waals surface area contributed by atoms with Crippen molar-refractivity contribution in [3.63, 3.8) is 0 Å². The summed E-state index contributed by atoms with van der Waals surface area (Å²) in [5.74, 6) is 2.18. The highest BCUT2D eigenvalue weighted by molar-refractivity contribution is 7.15. The van der Waals surface area contributed by atoms with Crippen molar-refractivity contribution in [3.05, 3.63) is 70.6 Å². The summed E-state index contributed by atoms with van der Waals surface area (Å²) in [5.41, 5.74) is 3.47. The van der Waals surface area contributed by atoms with Gasteiger partial charge < -0.3 is 14.2 Å². The average molecular weight is 468 g/mol. The van der Waals surface area contributed by atoms with Gasteiger partial charge in [-0.2, -0.15) is 0 Å². The van der Waals surface area contributed by atoms with Gasteiger partial charge in [0.05, 0.1) is 35.5 Å². The molecule has 0 aliphatic carbocycles. The van der Waals surface area contributed by atoms with Crippen LogP contribution < -0.4 is 14.2 Å². The number of benzene rings is 2. The SMILES string of the molecule is CCc1nc(-c2cc(OC)cc(OCc3ccc(OC)cc3)c2)c(-c2ccnc(Cl)n2)s1. The summed E-state index contributed by atoms with van der Waals surface area (Å²) in [6.07, 6.45) is 2.47. The molecule has 0 saturated carbocycles. The maximum atomic E-state index is 6.08. The molecule has 0 spiro atoms. The zero-order valence-corrected chi connectivity index (χ0v) is 19.5. The van der Waals surface area contributed by atoms with E-state index in [1.54, 1.807) is 31.8 Å². The van der Waals surface area contributed by atoms with Crippen LogP contribution in [0.25, 0.3) is 21.8 Å².